The Kier molecular flexibility index (Phi) is 6.29. The third-order valence-electron chi connectivity index (χ3n) is 2.78. The molecule has 0 fully saturated rings. The predicted octanol–water partition coefficient (Wildman–Crippen LogP) is 1.77. The Morgan fingerprint density at radius 2 is 1.62 bits per heavy atom. The van der Waals surface area contributed by atoms with Crippen LogP contribution >= 0.6 is 0 Å². The Morgan fingerprint density at radius 1 is 1.15 bits per heavy atom. The molecule has 0 saturated heterocycles. The summed E-state index contributed by atoms with van der Waals surface area (Å²) in [5.74, 6) is 0. The molecule has 0 rings (SSSR count). The van der Waals surface area contributed by atoms with Crippen LogP contribution < -0.4 is 5.32 Å². The summed E-state index contributed by atoms with van der Waals surface area (Å²) in [4.78, 5) is 0. The van der Waals surface area contributed by atoms with Crippen LogP contribution in [-0.4, -0.2) is 32.6 Å². The van der Waals surface area contributed by atoms with Gasteiger partial charge in [-0.05, 0) is 19.8 Å². The van der Waals surface area contributed by atoms with E-state index in [0.29, 0.717) is 0 Å². The van der Waals surface area contributed by atoms with Crippen molar-refractivity contribution in [2.75, 3.05) is 20.8 Å². The van der Waals surface area contributed by atoms with Crippen molar-refractivity contribution in [2.24, 2.45) is 0 Å². The molecule has 0 heterocycles. The highest BCUT2D eigenvalue weighted by molar-refractivity contribution is 4.79. The van der Waals surface area contributed by atoms with Gasteiger partial charge in [-0.2, -0.15) is 0 Å². The minimum absolute atomic E-state index is 0.141. The van der Waals surface area contributed by atoms with Gasteiger partial charge in [-0.1, -0.05) is 13.8 Å². The Bertz CT molecular complexity index is 120. The molecule has 0 aliphatic rings. The average Bonchev–Trinajstić information content (AvgIpc) is 2.19. The van der Waals surface area contributed by atoms with Gasteiger partial charge < -0.3 is 14.8 Å². The summed E-state index contributed by atoms with van der Waals surface area (Å²) in [6.07, 6.45) is 2.09. The summed E-state index contributed by atoms with van der Waals surface area (Å²) in [5, 5.41) is 3.45. The van der Waals surface area contributed by atoms with Gasteiger partial charge in [0.05, 0.1) is 0 Å². The van der Waals surface area contributed by atoms with Gasteiger partial charge in [0.1, 0.15) is 0 Å². The van der Waals surface area contributed by atoms with Crippen LogP contribution in [0.3, 0.4) is 0 Å². The van der Waals surface area contributed by atoms with Crippen LogP contribution in [0.25, 0.3) is 0 Å². The maximum Gasteiger partial charge on any atom is 0.169 e. The molecule has 1 N–H and O–H groups in total. The molecule has 0 aliphatic carbocycles. The first kappa shape index (κ1) is 12.9. The smallest absolute Gasteiger partial charge is 0.169 e. The van der Waals surface area contributed by atoms with Gasteiger partial charge in [0.15, 0.2) is 6.29 Å². The van der Waals surface area contributed by atoms with Crippen molar-refractivity contribution in [3.63, 3.8) is 0 Å². The second-order valence-electron chi connectivity index (χ2n) is 3.55. The van der Waals surface area contributed by atoms with E-state index in [1.807, 2.05) is 0 Å². The normalized spacial score (nSPS) is 12.5. The fraction of sp³-hybridized carbons (Fsp3) is 1.00. The van der Waals surface area contributed by atoms with Gasteiger partial charge in [0, 0.05) is 26.3 Å². The van der Waals surface area contributed by atoms with Gasteiger partial charge in [-0.15, -0.1) is 0 Å². The van der Waals surface area contributed by atoms with E-state index in [9.17, 15) is 0 Å². The Balaban J connectivity index is 3.83. The van der Waals surface area contributed by atoms with Gasteiger partial charge in [-0.25, -0.2) is 0 Å². The highest BCUT2D eigenvalue weighted by atomic mass is 16.7. The van der Waals surface area contributed by atoms with Gasteiger partial charge in [0.2, 0.25) is 0 Å². The second-order valence-corrected chi connectivity index (χ2v) is 3.55. The average molecular weight is 189 g/mol. The van der Waals surface area contributed by atoms with Crippen molar-refractivity contribution in [1.82, 2.24) is 5.32 Å². The molecular formula is C10H23NO2. The number of rotatable bonds is 7. The fourth-order valence-corrected chi connectivity index (χ4v) is 1.09. The minimum Gasteiger partial charge on any atom is -0.355 e. The van der Waals surface area contributed by atoms with Crippen LogP contribution in [0.1, 0.15) is 33.6 Å². The molecular weight excluding hydrogens is 166 g/mol. The zero-order valence-corrected chi connectivity index (χ0v) is 9.52. The monoisotopic (exact) mass is 189 g/mol. The molecule has 0 amide bonds. The van der Waals surface area contributed by atoms with E-state index in [2.05, 4.69) is 26.1 Å². The van der Waals surface area contributed by atoms with E-state index in [1.54, 1.807) is 14.2 Å². The first-order valence-electron chi connectivity index (χ1n) is 4.92. The molecule has 0 unspecified atom stereocenters. The van der Waals surface area contributed by atoms with E-state index < -0.39 is 0 Å². The first-order chi connectivity index (χ1) is 6.11. The molecule has 0 atom stereocenters. The van der Waals surface area contributed by atoms with Crippen molar-refractivity contribution in [3.05, 3.63) is 0 Å². The molecule has 0 aromatic carbocycles. The summed E-state index contributed by atoms with van der Waals surface area (Å²) in [6.45, 7) is 7.33. The quantitative estimate of drug-likeness (QED) is 0.619. The lowest BCUT2D eigenvalue weighted by Crippen LogP contribution is -2.45. The van der Waals surface area contributed by atoms with Crippen LogP contribution in [0.4, 0.5) is 0 Å². The molecule has 0 aliphatic heterocycles. The highest BCUT2D eigenvalue weighted by Crippen LogP contribution is 2.13. The number of hydrogen-bond donors (Lipinski definition) is 1. The molecule has 0 radical (unpaired) electrons. The van der Waals surface area contributed by atoms with Gasteiger partial charge in [0.25, 0.3) is 0 Å². The number of methoxy groups -OCH3 is 2. The molecule has 3 heteroatoms. The summed E-state index contributed by atoms with van der Waals surface area (Å²) in [7, 11) is 3.32. The molecule has 0 aromatic heterocycles. The van der Waals surface area contributed by atoms with Crippen LogP contribution in [0, 0.1) is 0 Å². The lowest BCUT2D eigenvalue weighted by atomic mass is 9.96. The third kappa shape index (κ3) is 4.60. The summed E-state index contributed by atoms with van der Waals surface area (Å²) < 4.78 is 10.2. The van der Waals surface area contributed by atoms with Crippen molar-refractivity contribution in [2.45, 2.75) is 45.4 Å². The number of ether oxygens (including phenoxy) is 2. The van der Waals surface area contributed by atoms with Crippen molar-refractivity contribution < 1.29 is 9.47 Å². The van der Waals surface area contributed by atoms with Crippen LogP contribution in [-0.2, 0) is 9.47 Å². The van der Waals surface area contributed by atoms with E-state index in [1.165, 1.54) is 0 Å². The molecule has 0 bridgehead atoms. The topological polar surface area (TPSA) is 30.5 Å². The zero-order chi connectivity index (χ0) is 10.3. The van der Waals surface area contributed by atoms with E-state index in [4.69, 9.17) is 9.47 Å². The van der Waals surface area contributed by atoms with Crippen molar-refractivity contribution in [1.29, 1.82) is 0 Å². The minimum atomic E-state index is -0.141. The van der Waals surface area contributed by atoms with Crippen molar-refractivity contribution >= 4 is 0 Å². The van der Waals surface area contributed by atoms with Gasteiger partial charge in [-0.3, -0.25) is 0 Å². The summed E-state index contributed by atoms with van der Waals surface area (Å²) >= 11 is 0. The predicted molar refractivity (Wildman–Crippen MR) is 54.8 cm³/mol. The second kappa shape index (κ2) is 6.35. The lowest BCUT2D eigenvalue weighted by molar-refractivity contribution is -0.102. The Labute approximate surface area is 81.8 Å². The maximum atomic E-state index is 5.10. The standard InChI is InChI=1S/C10H23NO2/c1-6-10(3,7-2)11-8-9(12-4)13-5/h9,11H,6-8H2,1-5H3. The lowest BCUT2D eigenvalue weighted by Gasteiger charge is -2.30. The van der Waals surface area contributed by atoms with Crippen LogP contribution in [0.15, 0.2) is 0 Å². The summed E-state index contributed by atoms with van der Waals surface area (Å²) in [5.41, 5.74) is 0.204. The highest BCUT2D eigenvalue weighted by Gasteiger charge is 2.19. The van der Waals surface area contributed by atoms with Crippen LogP contribution in [0.2, 0.25) is 0 Å². The number of hydrogen-bond acceptors (Lipinski definition) is 3. The van der Waals surface area contributed by atoms with Crippen LogP contribution in [0.5, 0.6) is 0 Å². The molecule has 0 aromatic rings. The van der Waals surface area contributed by atoms with Gasteiger partial charge >= 0.3 is 0 Å². The molecule has 80 valence electrons. The largest absolute Gasteiger partial charge is 0.355 e. The van der Waals surface area contributed by atoms with E-state index in [0.717, 1.165) is 19.4 Å². The molecule has 13 heavy (non-hydrogen) atoms. The number of nitrogens with one attached hydrogen (secondary N) is 1. The maximum absolute atomic E-state index is 5.10. The SMILES string of the molecule is CCC(C)(CC)NCC(OC)OC. The first-order valence-corrected chi connectivity index (χ1v) is 4.92. The fourth-order valence-electron chi connectivity index (χ4n) is 1.09. The molecule has 3 nitrogen and oxygen atoms in total. The summed E-state index contributed by atoms with van der Waals surface area (Å²) in [6, 6.07) is 0. The van der Waals surface area contributed by atoms with E-state index >= 15 is 0 Å². The van der Waals surface area contributed by atoms with E-state index in [-0.39, 0.29) is 11.8 Å². The molecule has 0 spiro atoms. The van der Waals surface area contributed by atoms with Crippen molar-refractivity contribution in [3.8, 4) is 0 Å². The third-order valence-corrected chi connectivity index (χ3v) is 2.78. The Morgan fingerprint density at radius 3 is 1.92 bits per heavy atom. The zero-order valence-electron chi connectivity index (χ0n) is 9.52. The Hall–Kier alpha value is -0.120. The molecule has 0 saturated carbocycles.